The maximum Gasteiger partial charge on any atom is 0.328 e. The van der Waals surface area contributed by atoms with E-state index in [1.54, 1.807) is 0 Å². The van der Waals surface area contributed by atoms with Crippen molar-refractivity contribution in [2.24, 2.45) is 0 Å². The molecule has 0 aliphatic heterocycles. The summed E-state index contributed by atoms with van der Waals surface area (Å²) in [5.74, 6) is -1.56. The molecule has 0 bridgehead atoms. The normalized spacial score (nSPS) is 19.1. The molecule has 2 unspecified atom stereocenters. The van der Waals surface area contributed by atoms with E-state index in [2.05, 4.69) is 5.32 Å². The number of allylic oxidation sites excluding steroid dienone is 1. The summed E-state index contributed by atoms with van der Waals surface area (Å²) in [6.07, 6.45) is 5.30. The number of carbonyl (C=O) groups excluding carboxylic acids is 1. The lowest BCUT2D eigenvalue weighted by Crippen LogP contribution is -2.47. The molecule has 0 fully saturated rings. The first-order valence-electron chi connectivity index (χ1n) is 5.89. The third-order valence-corrected chi connectivity index (χ3v) is 2.84. The van der Waals surface area contributed by atoms with Gasteiger partial charge in [-0.3, -0.25) is 4.79 Å². The molecule has 0 radical (unpaired) electrons. The van der Waals surface area contributed by atoms with Gasteiger partial charge in [0.25, 0.3) is 0 Å². The highest BCUT2D eigenvalue weighted by Gasteiger charge is 2.25. The van der Waals surface area contributed by atoms with Crippen molar-refractivity contribution in [1.82, 2.24) is 5.32 Å². The average Bonchev–Trinajstić information content (AvgIpc) is 2.26. The molecule has 0 spiro atoms. The second-order valence-electron chi connectivity index (χ2n) is 4.41. The van der Waals surface area contributed by atoms with Crippen LogP contribution < -0.4 is 5.32 Å². The zero-order valence-electron chi connectivity index (χ0n) is 9.98. The molecular weight excluding hydrogens is 222 g/mol. The number of carboxylic acid groups (broad SMARTS) is 1. The Morgan fingerprint density at radius 2 is 2.18 bits per heavy atom. The highest BCUT2D eigenvalue weighted by molar-refractivity contribution is 5.85. The molecule has 0 aromatic carbocycles. The minimum absolute atomic E-state index is 0.233. The molecule has 1 aliphatic carbocycles. The van der Waals surface area contributed by atoms with E-state index in [0.29, 0.717) is 0 Å². The molecule has 0 heterocycles. The van der Waals surface area contributed by atoms with E-state index in [4.69, 9.17) is 5.11 Å². The molecule has 96 valence electrons. The first kappa shape index (κ1) is 13.7. The summed E-state index contributed by atoms with van der Waals surface area (Å²) >= 11 is 0. The molecule has 1 rings (SSSR count). The van der Waals surface area contributed by atoms with Crippen molar-refractivity contribution in [2.75, 3.05) is 0 Å². The smallest absolute Gasteiger partial charge is 0.328 e. The lowest BCUT2D eigenvalue weighted by atomic mass is 9.97. The number of carbonyl (C=O) groups is 2. The third kappa shape index (κ3) is 4.56. The molecule has 1 aliphatic rings. The number of nitrogens with one attached hydrogen (secondary N) is 1. The maximum atomic E-state index is 11.6. The number of hydrogen-bond donors (Lipinski definition) is 3. The van der Waals surface area contributed by atoms with Gasteiger partial charge in [-0.15, -0.1) is 0 Å². The van der Waals surface area contributed by atoms with Gasteiger partial charge in [0.1, 0.15) is 0 Å². The summed E-state index contributed by atoms with van der Waals surface area (Å²) < 4.78 is 0. The summed E-state index contributed by atoms with van der Waals surface area (Å²) in [4.78, 5) is 22.4. The summed E-state index contributed by atoms with van der Waals surface area (Å²) in [7, 11) is 0. The van der Waals surface area contributed by atoms with Crippen LogP contribution >= 0.6 is 0 Å². The summed E-state index contributed by atoms with van der Waals surface area (Å²) in [6, 6.07) is -1.23. The fourth-order valence-electron chi connectivity index (χ4n) is 1.88. The SMILES string of the molecule is CC(O)C(NC(=O)CC1=CCCCC1)C(=O)O. The molecule has 3 N–H and O–H groups in total. The Bertz CT molecular complexity index is 322. The van der Waals surface area contributed by atoms with Crippen LogP contribution in [0.1, 0.15) is 39.0 Å². The number of carboxylic acids is 1. The molecule has 0 saturated carbocycles. The first-order chi connectivity index (χ1) is 8.00. The predicted molar refractivity (Wildman–Crippen MR) is 62.4 cm³/mol. The maximum absolute atomic E-state index is 11.6. The van der Waals surface area contributed by atoms with E-state index >= 15 is 0 Å². The van der Waals surface area contributed by atoms with Crippen molar-refractivity contribution in [3.8, 4) is 0 Å². The molecule has 0 aromatic heterocycles. The molecule has 5 nitrogen and oxygen atoms in total. The van der Waals surface area contributed by atoms with Crippen LogP contribution in [0.25, 0.3) is 0 Å². The van der Waals surface area contributed by atoms with Crippen molar-refractivity contribution >= 4 is 11.9 Å². The standard InChI is InChI=1S/C12H19NO4/c1-8(14)11(12(16)17)13-10(15)7-9-5-3-2-4-6-9/h5,8,11,14H,2-4,6-7H2,1H3,(H,13,15)(H,16,17). The van der Waals surface area contributed by atoms with Crippen molar-refractivity contribution in [3.05, 3.63) is 11.6 Å². The van der Waals surface area contributed by atoms with Crippen molar-refractivity contribution in [3.63, 3.8) is 0 Å². The van der Waals surface area contributed by atoms with Gasteiger partial charge in [-0.05, 0) is 32.6 Å². The van der Waals surface area contributed by atoms with Crippen LogP contribution in [0.4, 0.5) is 0 Å². The Kier molecular flexibility index (Phi) is 5.15. The molecule has 0 aromatic rings. The van der Waals surface area contributed by atoms with Gasteiger partial charge in [0.2, 0.25) is 5.91 Å². The number of aliphatic carboxylic acids is 1. The Labute approximate surface area is 101 Å². The number of aliphatic hydroxyl groups excluding tert-OH is 1. The van der Waals surface area contributed by atoms with Gasteiger partial charge in [0.15, 0.2) is 6.04 Å². The molecule has 17 heavy (non-hydrogen) atoms. The van der Waals surface area contributed by atoms with Gasteiger partial charge in [-0.25, -0.2) is 4.79 Å². The molecular formula is C12H19NO4. The highest BCUT2D eigenvalue weighted by atomic mass is 16.4. The molecule has 5 heteroatoms. The number of hydrogen-bond acceptors (Lipinski definition) is 3. The lowest BCUT2D eigenvalue weighted by Gasteiger charge is -2.18. The quantitative estimate of drug-likeness (QED) is 0.622. The van der Waals surface area contributed by atoms with Gasteiger partial charge in [-0.1, -0.05) is 11.6 Å². The Morgan fingerprint density at radius 1 is 1.47 bits per heavy atom. The van der Waals surface area contributed by atoms with Gasteiger partial charge in [0.05, 0.1) is 6.10 Å². The van der Waals surface area contributed by atoms with Crippen LogP contribution in [0.3, 0.4) is 0 Å². The lowest BCUT2D eigenvalue weighted by molar-refractivity contribution is -0.144. The Morgan fingerprint density at radius 3 is 2.65 bits per heavy atom. The van der Waals surface area contributed by atoms with Crippen LogP contribution in [0.15, 0.2) is 11.6 Å². The zero-order valence-corrected chi connectivity index (χ0v) is 9.98. The summed E-state index contributed by atoms with van der Waals surface area (Å²) in [6.45, 7) is 1.35. The second-order valence-corrected chi connectivity index (χ2v) is 4.41. The highest BCUT2D eigenvalue weighted by Crippen LogP contribution is 2.19. The zero-order chi connectivity index (χ0) is 12.8. The van der Waals surface area contributed by atoms with E-state index in [9.17, 15) is 14.7 Å². The molecule has 1 amide bonds. The number of aliphatic hydroxyl groups is 1. The second kappa shape index (κ2) is 6.39. The average molecular weight is 241 g/mol. The van der Waals surface area contributed by atoms with Crippen LogP contribution in [-0.2, 0) is 9.59 Å². The van der Waals surface area contributed by atoms with Crippen molar-refractivity contribution in [2.45, 2.75) is 51.2 Å². The van der Waals surface area contributed by atoms with E-state index in [-0.39, 0.29) is 12.3 Å². The van der Waals surface area contributed by atoms with Crippen molar-refractivity contribution < 1.29 is 19.8 Å². The van der Waals surface area contributed by atoms with E-state index in [0.717, 1.165) is 31.3 Å². The Hall–Kier alpha value is -1.36. The van der Waals surface area contributed by atoms with E-state index < -0.39 is 18.1 Å². The largest absolute Gasteiger partial charge is 0.480 e. The fraction of sp³-hybridized carbons (Fsp3) is 0.667. The number of rotatable bonds is 5. The Balaban J connectivity index is 2.47. The van der Waals surface area contributed by atoms with Gasteiger partial charge in [-0.2, -0.15) is 0 Å². The molecule has 0 saturated heterocycles. The van der Waals surface area contributed by atoms with E-state index in [1.807, 2.05) is 6.08 Å². The van der Waals surface area contributed by atoms with Crippen LogP contribution in [0, 0.1) is 0 Å². The third-order valence-electron chi connectivity index (χ3n) is 2.84. The van der Waals surface area contributed by atoms with Crippen LogP contribution in [-0.4, -0.2) is 34.2 Å². The van der Waals surface area contributed by atoms with Gasteiger partial charge >= 0.3 is 5.97 Å². The van der Waals surface area contributed by atoms with Gasteiger partial charge < -0.3 is 15.5 Å². The topological polar surface area (TPSA) is 86.6 Å². The number of amides is 1. The predicted octanol–water partition coefficient (Wildman–Crippen LogP) is 0.827. The van der Waals surface area contributed by atoms with Crippen LogP contribution in [0.5, 0.6) is 0 Å². The van der Waals surface area contributed by atoms with E-state index in [1.165, 1.54) is 6.92 Å². The first-order valence-corrected chi connectivity index (χ1v) is 5.89. The molecule has 2 atom stereocenters. The summed E-state index contributed by atoms with van der Waals surface area (Å²) in [5, 5.41) is 20.4. The minimum atomic E-state index is -1.23. The van der Waals surface area contributed by atoms with Gasteiger partial charge in [0, 0.05) is 6.42 Å². The van der Waals surface area contributed by atoms with Crippen LogP contribution in [0.2, 0.25) is 0 Å². The van der Waals surface area contributed by atoms with Crippen molar-refractivity contribution in [1.29, 1.82) is 0 Å². The summed E-state index contributed by atoms with van der Waals surface area (Å²) in [5.41, 5.74) is 1.06. The fourth-order valence-corrected chi connectivity index (χ4v) is 1.88. The monoisotopic (exact) mass is 241 g/mol. The minimum Gasteiger partial charge on any atom is -0.480 e.